The highest BCUT2D eigenvalue weighted by Gasteiger charge is 2.31. The summed E-state index contributed by atoms with van der Waals surface area (Å²) in [4.78, 5) is 28.0. The van der Waals surface area contributed by atoms with Gasteiger partial charge < -0.3 is 9.53 Å². The molecule has 6 heteroatoms. The summed E-state index contributed by atoms with van der Waals surface area (Å²) in [6, 6.07) is -0.639. The van der Waals surface area contributed by atoms with Crippen LogP contribution in [-0.4, -0.2) is 33.7 Å². The molecule has 0 aliphatic rings. The largest absolute Gasteiger partial charge is 0.442 e. The molecule has 0 fully saturated rings. The average Bonchev–Trinajstić information content (AvgIpc) is 2.14. The highest BCUT2D eigenvalue weighted by atomic mass is 127. The van der Waals surface area contributed by atoms with Crippen LogP contribution in [-0.2, 0) is 14.4 Å². The molecule has 5 nitrogen and oxygen atoms in total. The molecule has 1 amide bonds. The first kappa shape index (κ1) is 16.6. The van der Waals surface area contributed by atoms with Crippen LogP contribution in [0.4, 0.5) is 4.79 Å². The van der Waals surface area contributed by atoms with Crippen molar-refractivity contribution in [1.82, 2.24) is 5.06 Å². The number of carbonyl (C=O) groups excluding carboxylic acids is 2. The van der Waals surface area contributed by atoms with Crippen LogP contribution in [0.2, 0.25) is 0 Å². The smallest absolute Gasteiger partial charge is 0.435 e. The van der Waals surface area contributed by atoms with Gasteiger partial charge in [-0.3, -0.25) is 4.84 Å². The summed E-state index contributed by atoms with van der Waals surface area (Å²) < 4.78 is 5.46. The van der Waals surface area contributed by atoms with Gasteiger partial charge in [0.2, 0.25) is 0 Å². The molecule has 0 spiro atoms. The minimum absolute atomic E-state index is 0.0389. The average molecular weight is 357 g/mol. The van der Waals surface area contributed by atoms with Crippen LogP contribution in [0.25, 0.3) is 0 Å². The summed E-state index contributed by atoms with van der Waals surface area (Å²) in [5.41, 5.74) is -0.617. The van der Waals surface area contributed by atoms with E-state index in [2.05, 4.69) is 0 Å². The predicted octanol–water partition coefficient (Wildman–Crippen LogP) is 2.77. The second kappa shape index (κ2) is 7.15. The number of nitrogens with zero attached hydrogens (tertiary/aromatic N) is 1. The monoisotopic (exact) mass is 357 g/mol. The van der Waals surface area contributed by atoms with Gasteiger partial charge in [0.05, 0.1) is 0 Å². The van der Waals surface area contributed by atoms with E-state index in [1.165, 1.54) is 0 Å². The first-order chi connectivity index (χ1) is 7.72. The summed E-state index contributed by atoms with van der Waals surface area (Å²) in [5.74, 6) is -0.0389. The fraction of sp³-hybridized carbons (Fsp3) is 0.818. The molecule has 17 heavy (non-hydrogen) atoms. The number of hydrogen-bond acceptors (Lipinski definition) is 4. The Hall–Kier alpha value is -0.370. The molecular formula is C11H20INO4. The maximum absolute atomic E-state index is 11.9. The van der Waals surface area contributed by atoms with Crippen molar-refractivity contribution in [1.29, 1.82) is 0 Å². The Labute approximate surface area is 116 Å². The Balaban J connectivity index is 4.82. The highest BCUT2D eigenvalue weighted by molar-refractivity contribution is 14.1. The molecule has 0 radical (unpaired) electrons. The maximum Gasteiger partial charge on any atom is 0.435 e. The zero-order valence-corrected chi connectivity index (χ0v) is 13.1. The van der Waals surface area contributed by atoms with Crippen LogP contribution in [0.3, 0.4) is 0 Å². The Bertz CT molecular complexity index is 263. The summed E-state index contributed by atoms with van der Waals surface area (Å²) in [7, 11) is 0. The first-order valence-electron chi connectivity index (χ1n) is 5.39. The van der Waals surface area contributed by atoms with E-state index in [1.54, 1.807) is 20.8 Å². The SMILES string of the molecule is CC(C)C(C=O)N(OCI)C(=O)OC(C)(C)C. The van der Waals surface area contributed by atoms with Gasteiger partial charge in [-0.05, 0) is 26.7 Å². The quantitative estimate of drug-likeness (QED) is 0.329. The standard InChI is InChI=1S/C11H20INO4/c1-8(2)9(6-14)13(16-7-12)10(15)17-11(3,4)5/h6,8-9H,7H2,1-5H3. The number of hydroxylamine groups is 2. The molecule has 0 rings (SSSR count). The summed E-state index contributed by atoms with van der Waals surface area (Å²) in [6.07, 6.45) is 0.0564. The van der Waals surface area contributed by atoms with Gasteiger partial charge >= 0.3 is 6.09 Å². The molecule has 0 saturated carbocycles. The van der Waals surface area contributed by atoms with Crippen molar-refractivity contribution in [3.8, 4) is 0 Å². The lowest BCUT2D eigenvalue weighted by Gasteiger charge is -2.30. The topological polar surface area (TPSA) is 55.8 Å². The third-order valence-corrected chi connectivity index (χ3v) is 2.13. The Morgan fingerprint density at radius 2 is 1.94 bits per heavy atom. The van der Waals surface area contributed by atoms with Crippen LogP contribution in [0.15, 0.2) is 0 Å². The van der Waals surface area contributed by atoms with Crippen molar-refractivity contribution in [3.05, 3.63) is 0 Å². The number of rotatable bonds is 5. The van der Waals surface area contributed by atoms with E-state index in [4.69, 9.17) is 9.57 Å². The number of aldehydes is 1. The van der Waals surface area contributed by atoms with Crippen molar-refractivity contribution in [2.45, 2.75) is 46.3 Å². The molecule has 0 aliphatic carbocycles. The second-order valence-electron chi connectivity index (χ2n) is 4.92. The van der Waals surface area contributed by atoms with E-state index < -0.39 is 17.7 Å². The van der Waals surface area contributed by atoms with Crippen molar-refractivity contribution in [2.24, 2.45) is 5.92 Å². The third-order valence-electron chi connectivity index (χ3n) is 1.85. The van der Waals surface area contributed by atoms with E-state index >= 15 is 0 Å². The molecular weight excluding hydrogens is 337 g/mol. The van der Waals surface area contributed by atoms with E-state index in [-0.39, 0.29) is 10.5 Å². The van der Waals surface area contributed by atoms with E-state index in [1.807, 2.05) is 36.4 Å². The lowest BCUT2D eigenvalue weighted by molar-refractivity contribution is -0.163. The minimum Gasteiger partial charge on any atom is -0.442 e. The molecule has 100 valence electrons. The summed E-state index contributed by atoms with van der Waals surface area (Å²) >= 11 is 1.96. The third kappa shape index (κ3) is 6.21. The second-order valence-corrected chi connectivity index (χ2v) is 5.54. The number of amides is 1. The molecule has 1 unspecified atom stereocenters. The van der Waals surface area contributed by atoms with Gasteiger partial charge in [-0.1, -0.05) is 36.4 Å². The van der Waals surface area contributed by atoms with Gasteiger partial charge in [0.25, 0.3) is 0 Å². The number of halogens is 1. The fourth-order valence-electron chi connectivity index (χ4n) is 1.10. The van der Waals surface area contributed by atoms with Crippen LogP contribution >= 0.6 is 22.6 Å². The van der Waals surface area contributed by atoms with Crippen LogP contribution in [0.5, 0.6) is 0 Å². The van der Waals surface area contributed by atoms with Crippen molar-refractivity contribution >= 4 is 35.0 Å². The minimum atomic E-state index is -0.639. The number of carbonyl (C=O) groups is 2. The number of alkyl halides is 1. The molecule has 1 atom stereocenters. The molecule has 0 aromatic rings. The zero-order chi connectivity index (χ0) is 13.6. The van der Waals surface area contributed by atoms with E-state index in [9.17, 15) is 9.59 Å². The molecule has 0 heterocycles. The Morgan fingerprint density at radius 3 is 2.24 bits per heavy atom. The van der Waals surface area contributed by atoms with Crippen LogP contribution in [0, 0.1) is 5.92 Å². The fourth-order valence-corrected chi connectivity index (χ4v) is 1.40. The van der Waals surface area contributed by atoms with Crippen molar-refractivity contribution in [3.63, 3.8) is 0 Å². The molecule has 0 saturated heterocycles. The van der Waals surface area contributed by atoms with Gasteiger partial charge in [0.15, 0.2) is 0 Å². The summed E-state index contributed by atoms with van der Waals surface area (Å²) in [6.45, 7) is 8.97. The molecule has 0 aromatic carbocycles. The van der Waals surface area contributed by atoms with Gasteiger partial charge in [0, 0.05) is 0 Å². The van der Waals surface area contributed by atoms with Gasteiger partial charge in [-0.15, -0.1) is 0 Å². The molecule has 0 aliphatic heterocycles. The zero-order valence-electron chi connectivity index (χ0n) is 10.9. The van der Waals surface area contributed by atoms with Crippen molar-refractivity contribution in [2.75, 3.05) is 4.61 Å². The number of hydrogen-bond donors (Lipinski definition) is 0. The molecule has 0 aromatic heterocycles. The lowest BCUT2D eigenvalue weighted by Crippen LogP contribution is -2.46. The first-order valence-corrected chi connectivity index (χ1v) is 6.92. The van der Waals surface area contributed by atoms with E-state index in [0.29, 0.717) is 6.29 Å². The molecule has 0 bridgehead atoms. The molecule has 0 N–H and O–H groups in total. The van der Waals surface area contributed by atoms with Crippen LogP contribution < -0.4 is 0 Å². The van der Waals surface area contributed by atoms with Gasteiger partial charge in [0.1, 0.15) is 22.5 Å². The van der Waals surface area contributed by atoms with E-state index in [0.717, 1.165) is 5.06 Å². The highest BCUT2D eigenvalue weighted by Crippen LogP contribution is 2.16. The van der Waals surface area contributed by atoms with Gasteiger partial charge in [-0.25, -0.2) is 4.79 Å². The van der Waals surface area contributed by atoms with Gasteiger partial charge in [-0.2, -0.15) is 5.06 Å². The predicted molar refractivity (Wildman–Crippen MR) is 72.7 cm³/mol. The van der Waals surface area contributed by atoms with Crippen LogP contribution in [0.1, 0.15) is 34.6 Å². The maximum atomic E-state index is 11.9. The lowest BCUT2D eigenvalue weighted by atomic mass is 10.1. The Kier molecular flexibility index (Phi) is 6.99. The summed E-state index contributed by atoms with van der Waals surface area (Å²) in [5, 5.41) is 1.01. The number of ether oxygens (including phenoxy) is 1. The van der Waals surface area contributed by atoms with Crippen molar-refractivity contribution < 1.29 is 19.2 Å². The Morgan fingerprint density at radius 1 is 1.41 bits per heavy atom. The normalized spacial score (nSPS) is 13.4.